The van der Waals surface area contributed by atoms with Gasteiger partial charge < -0.3 is 4.57 Å². The fourth-order valence-corrected chi connectivity index (χ4v) is 3.96. The first-order valence-corrected chi connectivity index (χ1v) is 9.06. The molecule has 0 atom stereocenters. The molecule has 0 bridgehead atoms. The van der Waals surface area contributed by atoms with Crippen LogP contribution in [0.25, 0.3) is 10.9 Å². The predicted molar refractivity (Wildman–Crippen MR) is 93.0 cm³/mol. The zero-order chi connectivity index (χ0) is 16.4. The molecule has 5 heteroatoms. The second-order valence-corrected chi connectivity index (χ2v) is 7.37. The molecule has 4 nitrogen and oxygen atoms in total. The molecule has 0 radical (unpaired) electrons. The molecular formula is C18H20N2O2S. The van der Waals surface area contributed by atoms with Crippen LogP contribution in [-0.4, -0.2) is 19.5 Å². The molecule has 1 N–H and O–H groups in total. The maximum absolute atomic E-state index is 12.3. The van der Waals surface area contributed by atoms with Gasteiger partial charge in [-0.25, -0.2) is 13.1 Å². The highest BCUT2D eigenvalue weighted by atomic mass is 32.2. The van der Waals surface area contributed by atoms with Crippen LogP contribution in [-0.2, 0) is 23.5 Å². The Morgan fingerprint density at radius 2 is 1.65 bits per heavy atom. The van der Waals surface area contributed by atoms with E-state index >= 15 is 0 Å². The molecular weight excluding hydrogens is 308 g/mol. The monoisotopic (exact) mass is 328 g/mol. The highest BCUT2D eigenvalue weighted by Crippen LogP contribution is 2.25. The van der Waals surface area contributed by atoms with Crippen LogP contribution < -0.4 is 4.72 Å². The Kier molecular flexibility index (Phi) is 4.24. The van der Waals surface area contributed by atoms with Gasteiger partial charge in [-0.2, -0.15) is 0 Å². The number of hydrogen-bond donors (Lipinski definition) is 1. The van der Waals surface area contributed by atoms with Crippen LogP contribution in [0.4, 0.5) is 0 Å². The molecule has 0 aliphatic rings. The largest absolute Gasteiger partial charge is 0.348 e. The van der Waals surface area contributed by atoms with E-state index in [1.807, 2.05) is 19.2 Å². The number of benzene rings is 2. The number of aromatic nitrogens is 1. The van der Waals surface area contributed by atoms with Gasteiger partial charge in [-0.1, -0.05) is 36.4 Å². The number of rotatable bonds is 5. The van der Waals surface area contributed by atoms with Gasteiger partial charge in [-0.15, -0.1) is 0 Å². The van der Waals surface area contributed by atoms with Crippen molar-refractivity contribution in [1.29, 1.82) is 0 Å². The van der Waals surface area contributed by atoms with Crippen LogP contribution in [0, 0.1) is 6.92 Å². The third-order valence-corrected chi connectivity index (χ3v) is 5.73. The summed E-state index contributed by atoms with van der Waals surface area (Å²) in [5.74, 6) is 0. The molecule has 0 fully saturated rings. The minimum absolute atomic E-state index is 0.301. The summed E-state index contributed by atoms with van der Waals surface area (Å²) in [7, 11) is -1.41. The van der Waals surface area contributed by atoms with Gasteiger partial charge in [0.25, 0.3) is 0 Å². The standard InChI is InChI=1S/C18H20N2O2S/c1-14-16(17-10-6-7-11-18(17)20(14)2)12-13-19-23(21,22)15-8-4-3-5-9-15/h3-11,19H,12-13H2,1-2H3. The van der Waals surface area contributed by atoms with Gasteiger partial charge in [-0.05, 0) is 37.1 Å². The van der Waals surface area contributed by atoms with Crippen molar-refractivity contribution in [3.8, 4) is 0 Å². The summed E-state index contributed by atoms with van der Waals surface area (Å²) in [6, 6.07) is 16.7. The number of para-hydroxylation sites is 1. The molecule has 0 saturated heterocycles. The summed E-state index contributed by atoms with van der Waals surface area (Å²) in [5.41, 5.74) is 3.54. The lowest BCUT2D eigenvalue weighted by Gasteiger charge is -2.07. The summed E-state index contributed by atoms with van der Waals surface area (Å²) in [6.45, 7) is 2.45. The Morgan fingerprint density at radius 1 is 1.00 bits per heavy atom. The van der Waals surface area contributed by atoms with Gasteiger partial charge in [-0.3, -0.25) is 0 Å². The van der Waals surface area contributed by atoms with E-state index in [1.165, 1.54) is 22.2 Å². The minimum Gasteiger partial charge on any atom is -0.348 e. The topological polar surface area (TPSA) is 51.1 Å². The van der Waals surface area contributed by atoms with E-state index in [0.717, 1.165) is 0 Å². The lowest BCUT2D eigenvalue weighted by Crippen LogP contribution is -2.26. The summed E-state index contributed by atoms with van der Waals surface area (Å²) in [5, 5.41) is 1.19. The van der Waals surface area contributed by atoms with Crippen molar-refractivity contribution in [2.45, 2.75) is 18.2 Å². The molecule has 2 aromatic carbocycles. The van der Waals surface area contributed by atoms with E-state index < -0.39 is 10.0 Å². The molecule has 120 valence electrons. The minimum atomic E-state index is -3.45. The van der Waals surface area contributed by atoms with Crippen molar-refractivity contribution < 1.29 is 8.42 Å². The average Bonchev–Trinajstić information content (AvgIpc) is 2.81. The number of hydrogen-bond acceptors (Lipinski definition) is 2. The smallest absolute Gasteiger partial charge is 0.240 e. The van der Waals surface area contributed by atoms with Gasteiger partial charge in [0.15, 0.2) is 0 Å². The van der Waals surface area contributed by atoms with E-state index in [2.05, 4.69) is 28.3 Å². The van der Waals surface area contributed by atoms with Crippen LogP contribution >= 0.6 is 0 Å². The highest BCUT2D eigenvalue weighted by Gasteiger charge is 2.15. The van der Waals surface area contributed by atoms with Crippen molar-refractivity contribution in [1.82, 2.24) is 9.29 Å². The second-order valence-electron chi connectivity index (χ2n) is 5.60. The summed E-state index contributed by atoms with van der Waals surface area (Å²) < 4.78 is 29.4. The number of fused-ring (bicyclic) bond motifs is 1. The van der Waals surface area contributed by atoms with E-state index in [-0.39, 0.29) is 0 Å². The average molecular weight is 328 g/mol. The molecule has 0 amide bonds. The predicted octanol–water partition coefficient (Wildman–Crippen LogP) is 3.01. The first kappa shape index (κ1) is 15.8. The Bertz CT molecular complexity index is 928. The Balaban J connectivity index is 1.79. The molecule has 0 aliphatic carbocycles. The van der Waals surface area contributed by atoms with E-state index in [1.54, 1.807) is 30.3 Å². The van der Waals surface area contributed by atoms with Crippen molar-refractivity contribution in [2.24, 2.45) is 7.05 Å². The van der Waals surface area contributed by atoms with Crippen LogP contribution in [0.15, 0.2) is 59.5 Å². The molecule has 3 rings (SSSR count). The normalized spacial score (nSPS) is 11.9. The molecule has 0 saturated carbocycles. The lowest BCUT2D eigenvalue weighted by atomic mass is 10.1. The molecule has 3 aromatic rings. The Labute approximate surface area is 136 Å². The van der Waals surface area contributed by atoms with E-state index in [4.69, 9.17) is 0 Å². The first-order valence-electron chi connectivity index (χ1n) is 7.58. The molecule has 1 aromatic heterocycles. The summed E-state index contributed by atoms with van der Waals surface area (Å²) >= 11 is 0. The fraction of sp³-hybridized carbons (Fsp3) is 0.222. The van der Waals surface area contributed by atoms with Crippen LogP contribution in [0.2, 0.25) is 0 Å². The zero-order valence-corrected chi connectivity index (χ0v) is 14.1. The summed E-state index contributed by atoms with van der Waals surface area (Å²) in [4.78, 5) is 0.301. The van der Waals surface area contributed by atoms with E-state index in [9.17, 15) is 8.42 Å². The lowest BCUT2D eigenvalue weighted by molar-refractivity contribution is 0.581. The first-order chi connectivity index (χ1) is 11.0. The van der Waals surface area contributed by atoms with Gasteiger partial charge in [0, 0.05) is 30.2 Å². The quantitative estimate of drug-likeness (QED) is 0.783. The number of nitrogens with zero attached hydrogens (tertiary/aromatic N) is 1. The summed E-state index contributed by atoms with van der Waals surface area (Å²) in [6.07, 6.45) is 0.666. The fourth-order valence-electron chi connectivity index (χ4n) is 2.91. The highest BCUT2D eigenvalue weighted by molar-refractivity contribution is 7.89. The van der Waals surface area contributed by atoms with Gasteiger partial charge in [0.2, 0.25) is 10.0 Å². The molecule has 23 heavy (non-hydrogen) atoms. The Hall–Kier alpha value is -2.11. The molecule has 0 unspecified atom stereocenters. The molecule has 1 heterocycles. The van der Waals surface area contributed by atoms with Gasteiger partial charge >= 0.3 is 0 Å². The van der Waals surface area contributed by atoms with Crippen LogP contribution in [0.1, 0.15) is 11.3 Å². The molecule has 0 spiro atoms. The third kappa shape index (κ3) is 3.02. The van der Waals surface area contributed by atoms with Crippen molar-refractivity contribution in [3.63, 3.8) is 0 Å². The van der Waals surface area contributed by atoms with Gasteiger partial charge in [0.1, 0.15) is 0 Å². The maximum Gasteiger partial charge on any atom is 0.240 e. The van der Waals surface area contributed by atoms with Crippen LogP contribution in [0.5, 0.6) is 0 Å². The van der Waals surface area contributed by atoms with Crippen LogP contribution in [0.3, 0.4) is 0 Å². The van der Waals surface area contributed by atoms with Crippen molar-refractivity contribution in [3.05, 3.63) is 65.9 Å². The van der Waals surface area contributed by atoms with Crippen molar-refractivity contribution >= 4 is 20.9 Å². The SMILES string of the molecule is Cc1c(CCNS(=O)(=O)c2ccccc2)c2ccccc2n1C. The number of aryl methyl sites for hydroxylation is 1. The second kappa shape index (κ2) is 6.18. The third-order valence-electron chi connectivity index (χ3n) is 4.25. The van der Waals surface area contributed by atoms with Crippen molar-refractivity contribution in [2.75, 3.05) is 6.54 Å². The maximum atomic E-state index is 12.3. The molecule has 0 aliphatic heterocycles. The zero-order valence-electron chi connectivity index (χ0n) is 13.3. The number of nitrogens with one attached hydrogen (secondary N) is 1. The van der Waals surface area contributed by atoms with Gasteiger partial charge in [0.05, 0.1) is 4.90 Å². The van der Waals surface area contributed by atoms with E-state index in [0.29, 0.717) is 17.9 Å². The Morgan fingerprint density at radius 3 is 2.39 bits per heavy atom. The number of sulfonamides is 1.